The Morgan fingerprint density at radius 2 is 1.70 bits per heavy atom. The van der Waals surface area contributed by atoms with Crippen LogP contribution in [0, 0.1) is 0 Å². The van der Waals surface area contributed by atoms with Gasteiger partial charge in [-0.15, -0.1) is 0 Å². The summed E-state index contributed by atoms with van der Waals surface area (Å²) in [4.78, 5) is 4.51. The second-order valence-corrected chi connectivity index (χ2v) is 7.55. The third-order valence-corrected chi connectivity index (χ3v) is 5.01. The number of ether oxygens (including phenoxy) is 2. The van der Waals surface area contributed by atoms with Crippen molar-refractivity contribution in [2.45, 2.75) is 13.5 Å². The molecular weight excluding hydrogens is 470 g/mol. The summed E-state index contributed by atoms with van der Waals surface area (Å²) in [6.45, 7) is 3.12. The van der Waals surface area contributed by atoms with Crippen LogP contribution in [0.2, 0.25) is 0 Å². The first-order valence-electron chi connectivity index (χ1n) is 8.58. The second-order valence-electron chi connectivity index (χ2n) is 5.78. The van der Waals surface area contributed by atoms with E-state index in [2.05, 4.69) is 36.9 Å². The molecule has 0 bridgehead atoms. The monoisotopic (exact) mass is 487 g/mol. The average Bonchev–Trinajstić information content (AvgIpc) is 2.67. The predicted molar refractivity (Wildman–Crippen MR) is 117 cm³/mol. The molecule has 0 fully saturated rings. The number of hydrogen-bond donors (Lipinski definition) is 0. The molecule has 0 aliphatic rings. The van der Waals surface area contributed by atoms with E-state index in [0.717, 1.165) is 37.3 Å². The highest BCUT2D eigenvalue weighted by atomic mass is 79.9. The number of aliphatic imine (C=N–C) groups is 1. The van der Waals surface area contributed by atoms with Gasteiger partial charge in [0.25, 0.3) is 0 Å². The van der Waals surface area contributed by atoms with Gasteiger partial charge in [0, 0.05) is 26.8 Å². The molecule has 0 atom stereocenters. The highest BCUT2D eigenvalue weighted by molar-refractivity contribution is 9.11. The first-order chi connectivity index (χ1) is 13.1. The summed E-state index contributed by atoms with van der Waals surface area (Å²) >= 11 is 7.01. The molecule has 5 heteroatoms. The lowest BCUT2D eigenvalue weighted by Gasteiger charge is -2.08. The molecule has 0 spiro atoms. The molecule has 0 aliphatic carbocycles. The molecule has 0 radical (unpaired) electrons. The van der Waals surface area contributed by atoms with Gasteiger partial charge in [-0.3, -0.25) is 4.99 Å². The van der Waals surface area contributed by atoms with E-state index in [0.29, 0.717) is 13.2 Å². The van der Waals surface area contributed by atoms with E-state index in [1.807, 2.05) is 79.9 Å². The Bertz CT molecular complexity index is 924. The van der Waals surface area contributed by atoms with Gasteiger partial charge in [-0.1, -0.05) is 44.0 Å². The summed E-state index contributed by atoms with van der Waals surface area (Å²) in [5, 5.41) is 0. The molecule has 0 aliphatic heterocycles. The van der Waals surface area contributed by atoms with Crippen molar-refractivity contribution in [3.63, 3.8) is 0 Å². The molecule has 3 nitrogen and oxygen atoms in total. The van der Waals surface area contributed by atoms with E-state index in [-0.39, 0.29) is 0 Å². The van der Waals surface area contributed by atoms with Crippen molar-refractivity contribution in [1.82, 2.24) is 0 Å². The largest absolute Gasteiger partial charge is 0.494 e. The average molecular weight is 489 g/mol. The fraction of sp³-hybridized carbons (Fsp3) is 0.136. The molecule has 0 saturated heterocycles. The van der Waals surface area contributed by atoms with Crippen LogP contribution in [0.15, 0.2) is 80.7 Å². The van der Waals surface area contributed by atoms with E-state index >= 15 is 0 Å². The molecule has 0 heterocycles. The SMILES string of the molecule is CCOc1cccc(N=Cc2ccc(OCc3ccc(Br)cc3Br)cc2)c1. The third-order valence-electron chi connectivity index (χ3n) is 3.78. The van der Waals surface area contributed by atoms with Crippen LogP contribution in [0.3, 0.4) is 0 Å². The van der Waals surface area contributed by atoms with Crippen LogP contribution in [-0.4, -0.2) is 12.8 Å². The summed E-state index contributed by atoms with van der Waals surface area (Å²) < 4.78 is 13.4. The van der Waals surface area contributed by atoms with Gasteiger partial charge in [-0.2, -0.15) is 0 Å². The van der Waals surface area contributed by atoms with Crippen LogP contribution in [-0.2, 0) is 6.61 Å². The van der Waals surface area contributed by atoms with Gasteiger partial charge >= 0.3 is 0 Å². The number of benzene rings is 3. The zero-order valence-corrected chi connectivity index (χ0v) is 18.0. The Kier molecular flexibility index (Phi) is 7.07. The van der Waals surface area contributed by atoms with E-state index in [9.17, 15) is 0 Å². The molecule has 0 amide bonds. The van der Waals surface area contributed by atoms with Gasteiger partial charge in [0.2, 0.25) is 0 Å². The normalized spacial score (nSPS) is 10.9. The van der Waals surface area contributed by atoms with Gasteiger partial charge in [0.1, 0.15) is 18.1 Å². The van der Waals surface area contributed by atoms with Crippen molar-refractivity contribution < 1.29 is 9.47 Å². The number of rotatable bonds is 7. The van der Waals surface area contributed by atoms with Crippen molar-refractivity contribution in [3.8, 4) is 11.5 Å². The van der Waals surface area contributed by atoms with Crippen LogP contribution < -0.4 is 9.47 Å². The highest BCUT2D eigenvalue weighted by Gasteiger charge is 2.02. The lowest BCUT2D eigenvalue weighted by Crippen LogP contribution is -1.96. The van der Waals surface area contributed by atoms with E-state index in [4.69, 9.17) is 9.47 Å². The number of nitrogens with zero attached hydrogens (tertiary/aromatic N) is 1. The van der Waals surface area contributed by atoms with Crippen LogP contribution >= 0.6 is 31.9 Å². The predicted octanol–water partition coefficient (Wildman–Crippen LogP) is 6.94. The highest BCUT2D eigenvalue weighted by Crippen LogP contribution is 2.24. The van der Waals surface area contributed by atoms with Crippen LogP contribution in [0.5, 0.6) is 11.5 Å². The maximum Gasteiger partial charge on any atom is 0.121 e. The summed E-state index contributed by atoms with van der Waals surface area (Å²) in [6.07, 6.45) is 1.83. The van der Waals surface area contributed by atoms with E-state index < -0.39 is 0 Å². The minimum absolute atomic E-state index is 0.505. The fourth-order valence-electron chi connectivity index (χ4n) is 2.42. The Hall–Kier alpha value is -2.11. The van der Waals surface area contributed by atoms with Crippen molar-refractivity contribution in [2.24, 2.45) is 4.99 Å². The minimum atomic E-state index is 0.505. The molecular formula is C22H19Br2NO2. The molecule has 3 rings (SSSR count). The number of halogens is 2. The van der Waals surface area contributed by atoms with Crippen LogP contribution in [0.25, 0.3) is 0 Å². The Morgan fingerprint density at radius 1 is 0.889 bits per heavy atom. The fourth-order valence-corrected chi connectivity index (χ4v) is 3.58. The summed E-state index contributed by atoms with van der Waals surface area (Å²) in [7, 11) is 0. The standard InChI is InChI=1S/C22H19Br2NO2/c1-2-26-21-5-3-4-19(13-21)25-14-16-6-10-20(11-7-16)27-15-17-8-9-18(23)12-22(17)24/h3-14H,2,15H2,1H3. The maximum atomic E-state index is 5.87. The van der Waals surface area contributed by atoms with Crippen molar-refractivity contribution in [1.29, 1.82) is 0 Å². The number of hydrogen-bond acceptors (Lipinski definition) is 3. The summed E-state index contributed by atoms with van der Waals surface area (Å²) in [5.74, 6) is 1.65. The molecule has 0 unspecified atom stereocenters. The first kappa shape index (κ1) is 19.6. The first-order valence-corrected chi connectivity index (χ1v) is 10.2. The molecule has 138 valence electrons. The molecule has 0 saturated carbocycles. The summed E-state index contributed by atoms with van der Waals surface area (Å²) in [5.41, 5.74) is 2.97. The molecule has 0 aromatic heterocycles. The van der Waals surface area contributed by atoms with Gasteiger partial charge < -0.3 is 9.47 Å². The van der Waals surface area contributed by atoms with E-state index in [1.165, 1.54) is 0 Å². The van der Waals surface area contributed by atoms with Gasteiger partial charge in [0.15, 0.2) is 0 Å². The van der Waals surface area contributed by atoms with Gasteiger partial charge in [-0.25, -0.2) is 0 Å². The molecule has 3 aromatic carbocycles. The van der Waals surface area contributed by atoms with Crippen molar-refractivity contribution in [2.75, 3.05) is 6.61 Å². The van der Waals surface area contributed by atoms with Crippen molar-refractivity contribution >= 4 is 43.8 Å². The second kappa shape index (κ2) is 9.72. The maximum absolute atomic E-state index is 5.87. The van der Waals surface area contributed by atoms with Crippen LogP contribution in [0.4, 0.5) is 5.69 Å². The van der Waals surface area contributed by atoms with Crippen molar-refractivity contribution in [3.05, 3.63) is 86.8 Å². The smallest absolute Gasteiger partial charge is 0.121 e. The third kappa shape index (κ3) is 5.94. The molecule has 27 heavy (non-hydrogen) atoms. The minimum Gasteiger partial charge on any atom is -0.494 e. The van der Waals surface area contributed by atoms with E-state index in [1.54, 1.807) is 0 Å². The molecule has 0 N–H and O–H groups in total. The van der Waals surface area contributed by atoms with Gasteiger partial charge in [0.05, 0.1) is 12.3 Å². The Morgan fingerprint density at radius 3 is 2.44 bits per heavy atom. The zero-order chi connectivity index (χ0) is 19.1. The van der Waals surface area contributed by atoms with Crippen LogP contribution in [0.1, 0.15) is 18.1 Å². The quantitative estimate of drug-likeness (QED) is 0.337. The zero-order valence-electron chi connectivity index (χ0n) is 14.9. The topological polar surface area (TPSA) is 30.8 Å². The Balaban J connectivity index is 1.60. The summed E-state index contributed by atoms with van der Waals surface area (Å²) in [6, 6.07) is 21.7. The lowest BCUT2D eigenvalue weighted by atomic mass is 10.2. The lowest BCUT2D eigenvalue weighted by molar-refractivity contribution is 0.305. The molecule has 3 aromatic rings. The Labute approximate surface area is 176 Å². The van der Waals surface area contributed by atoms with Gasteiger partial charge in [-0.05, 0) is 61.0 Å².